The van der Waals surface area contributed by atoms with E-state index < -0.39 is 0 Å². The number of aryl methyl sites for hydroxylation is 1. The third kappa shape index (κ3) is 2.77. The molecule has 1 aliphatic carbocycles. The smallest absolute Gasteiger partial charge is 0.324 e. The van der Waals surface area contributed by atoms with Crippen LogP contribution in [-0.4, -0.2) is 70.2 Å². The second-order valence-electron chi connectivity index (χ2n) is 9.39. The molecule has 3 unspecified atom stereocenters. The van der Waals surface area contributed by atoms with Gasteiger partial charge in [-0.2, -0.15) is 4.98 Å². The van der Waals surface area contributed by atoms with Crippen LogP contribution in [-0.2, 0) is 4.79 Å². The Morgan fingerprint density at radius 1 is 1.15 bits per heavy atom. The topological polar surface area (TPSA) is 65.7 Å². The Morgan fingerprint density at radius 2 is 1.78 bits per heavy atom. The maximum atomic E-state index is 12.6. The van der Waals surface area contributed by atoms with Crippen LogP contribution in [0.25, 0.3) is 0 Å². The van der Waals surface area contributed by atoms with Crippen LogP contribution in [0.4, 0.5) is 6.01 Å². The largest absolute Gasteiger partial charge is 0.343 e. The van der Waals surface area contributed by atoms with Gasteiger partial charge in [-0.3, -0.25) is 9.69 Å². The number of hydrogen-bond donors (Lipinski definition) is 0. The number of carbonyl (C=O) groups is 1. The Labute approximate surface area is 161 Å². The first-order valence-electron chi connectivity index (χ1n) is 10.5. The highest BCUT2D eigenvalue weighted by atomic mass is 16.5. The molecule has 4 fully saturated rings. The van der Waals surface area contributed by atoms with Gasteiger partial charge in [-0.25, -0.2) is 0 Å². The molecule has 1 amide bonds. The highest BCUT2D eigenvalue weighted by molar-refractivity contribution is 5.82. The van der Waals surface area contributed by atoms with Gasteiger partial charge in [0.05, 0.1) is 0 Å². The highest BCUT2D eigenvalue weighted by Gasteiger charge is 2.61. The first-order chi connectivity index (χ1) is 12.9. The summed E-state index contributed by atoms with van der Waals surface area (Å²) in [5.74, 6) is 2.54. The molecule has 1 saturated carbocycles. The third-order valence-corrected chi connectivity index (χ3v) is 7.59. The number of aromatic nitrogens is 2. The molecule has 0 spiro atoms. The van der Waals surface area contributed by atoms with Crippen molar-refractivity contribution in [3.8, 4) is 0 Å². The number of fused-ring (bicyclic) bond motifs is 3. The first kappa shape index (κ1) is 17.5. The second kappa shape index (κ2) is 6.19. The predicted molar refractivity (Wildman–Crippen MR) is 101 cm³/mol. The lowest BCUT2D eigenvalue weighted by atomic mass is 9.96. The summed E-state index contributed by atoms with van der Waals surface area (Å²) in [6.07, 6.45) is 4.82. The first-order valence-corrected chi connectivity index (χ1v) is 10.5. The quantitative estimate of drug-likeness (QED) is 0.803. The van der Waals surface area contributed by atoms with Crippen molar-refractivity contribution < 1.29 is 9.32 Å². The van der Waals surface area contributed by atoms with Crippen LogP contribution in [0.2, 0.25) is 0 Å². The minimum absolute atomic E-state index is 0.284. The summed E-state index contributed by atoms with van der Waals surface area (Å²) < 4.78 is 5.46. The summed E-state index contributed by atoms with van der Waals surface area (Å²) in [7, 11) is 1.95. The Bertz CT molecular complexity index is 708. The molecule has 0 radical (unpaired) electrons. The van der Waals surface area contributed by atoms with E-state index in [2.05, 4.69) is 33.8 Å². The SMILES string of the molecule is Cc1noc(N2C3CCC2CC(N2C[C@@H]4C(C(=O)N(C)C(C)C)[C@@H]4C2)C3)n1. The summed E-state index contributed by atoms with van der Waals surface area (Å²) in [5.41, 5.74) is 0. The Hall–Kier alpha value is -1.63. The molecule has 148 valence electrons. The molecule has 1 aromatic heterocycles. The van der Waals surface area contributed by atoms with Crippen molar-refractivity contribution in [2.45, 2.75) is 70.6 Å². The molecular weight excluding hydrogens is 342 g/mol. The molecule has 1 aromatic rings. The van der Waals surface area contributed by atoms with Crippen LogP contribution < -0.4 is 4.90 Å². The van der Waals surface area contributed by atoms with Gasteiger partial charge in [0.25, 0.3) is 0 Å². The lowest BCUT2D eigenvalue weighted by molar-refractivity contribution is -0.133. The normalized spacial score (nSPS) is 37.7. The van der Waals surface area contributed by atoms with Crippen LogP contribution >= 0.6 is 0 Å². The molecule has 0 aromatic carbocycles. The average Bonchev–Trinajstić information content (AvgIpc) is 2.96. The van der Waals surface area contributed by atoms with E-state index in [4.69, 9.17) is 4.52 Å². The fourth-order valence-electron chi connectivity index (χ4n) is 5.86. The number of anilines is 1. The van der Waals surface area contributed by atoms with E-state index in [1.807, 2.05) is 18.9 Å². The summed E-state index contributed by atoms with van der Waals surface area (Å²) in [5, 5.41) is 3.98. The molecule has 4 heterocycles. The van der Waals surface area contributed by atoms with E-state index in [1.54, 1.807) is 0 Å². The average molecular weight is 374 g/mol. The van der Waals surface area contributed by atoms with Gasteiger partial charge in [-0.1, -0.05) is 5.16 Å². The Balaban J connectivity index is 1.20. The van der Waals surface area contributed by atoms with Gasteiger partial charge in [-0.15, -0.1) is 0 Å². The van der Waals surface area contributed by atoms with E-state index in [9.17, 15) is 4.79 Å². The standard InChI is InChI=1S/C20H31N5O2/c1-11(2)23(4)19(26)18-16-9-24(10-17(16)18)15-7-13-5-6-14(8-15)25(13)20-21-12(3)22-27-20/h11,13-18H,5-10H2,1-4H3/t13?,14?,15?,16-,17+,18?. The van der Waals surface area contributed by atoms with Gasteiger partial charge in [0.15, 0.2) is 5.82 Å². The molecule has 4 aliphatic rings. The van der Waals surface area contributed by atoms with E-state index in [1.165, 1.54) is 25.7 Å². The van der Waals surface area contributed by atoms with Gasteiger partial charge in [0.1, 0.15) is 0 Å². The number of likely N-dealkylation sites (tertiary alicyclic amines) is 1. The zero-order valence-corrected chi connectivity index (χ0v) is 16.8. The molecule has 3 aliphatic heterocycles. The summed E-state index contributed by atoms with van der Waals surface area (Å²) in [4.78, 5) is 24.1. The minimum atomic E-state index is 0.284. The zero-order valence-electron chi connectivity index (χ0n) is 16.8. The molecule has 5 rings (SSSR count). The molecule has 0 N–H and O–H groups in total. The fraction of sp³-hybridized carbons (Fsp3) is 0.850. The molecule has 3 saturated heterocycles. The lowest BCUT2D eigenvalue weighted by Crippen LogP contribution is -2.51. The number of amides is 1. The predicted octanol–water partition coefficient (Wildman–Crippen LogP) is 1.92. The van der Waals surface area contributed by atoms with Gasteiger partial charge in [0.2, 0.25) is 5.91 Å². The van der Waals surface area contributed by atoms with Gasteiger partial charge in [-0.05, 0) is 58.3 Å². The molecule has 7 nitrogen and oxygen atoms in total. The highest BCUT2D eigenvalue weighted by Crippen LogP contribution is 2.54. The molecule has 27 heavy (non-hydrogen) atoms. The number of piperidine rings is 2. The van der Waals surface area contributed by atoms with E-state index in [0.717, 1.165) is 13.1 Å². The second-order valence-corrected chi connectivity index (χ2v) is 9.39. The summed E-state index contributed by atoms with van der Waals surface area (Å²) >= 11 is 0. The zero-order chi connectivity index (χ0) is 18.9. The van der Waals surface area contributed by atoms with Crippen LogP contribution in [0, 0.1) is 24.7 Å². The van der Waals surface area contributed by atoms with Crippen LogP contribution in [0.1, 0.15) is 45.4 Å². The van der Waals surface area contributed by atoms with Crippen molar-refractivity contribution in [2.75, 3.05) is 25.0 Å². The lowest BCUT2D eigenvalue weighted by Gasteiger charge is -2.42. The van der Waals surface area contributed by atoms with Crippen molar-refractivity contribution in [2.24, 2.45) is 17.8 Å². The number of rotatable bonds is 4. The van der Waals surface area contributed by atoms with Crippen molar-refractivity contribution in [1.82, 2.24) is 19.9 Å². The van der Waals surface area contributed by atoms with Crippen LogP contribution in [0.15, 0.2) is 4.52 Å². The summed E-state index contributed by atoms with van der Waals surface area (Å²) in [6.45, 7) is 8.29. The summed E-state index contributed by atoms with van der Waals surface area (Å²) in [6, 6.07) is 2.70. The monoisotopic (exact) mass is 373 g/mol. The van der Waals surface area contributed by atoms with Gasteiger partial charge >= 0.3 is 6.01 Å². The van der Waals surface area contributed by atoms with Crippen molar-refractivity contribution >= 4 is 11.9 Å². The van der Waals surface area contributed by atoms with E-state index >= 15 is 0 Å². The Kier molecular flexibility index (Phi) is 4.00. The maximum Gasteiger partial charge on any atom is 0.324 e. The van der Waals surface area contributed by atoms with Crippen LogP contribution in [0.3, 0.4) is 0 Å². The molecule has 5 atom stereocenters. The third-order valence-electron chi connectivity index (χ3n) is 7.59. The van der Waals surface area contributed by atoms with Gasteiger partial charge < -0.3 is 14.3 Å². The van der Waals surface area contributed by atoms with Crippen LogP contribution in [0.5, 0.6) is 0 Å². The number of nitrogens with zero attached hydrogens (tertiary/aromatic N) is 5. The molecule has 2 bridgehead atoms. The fourth-order valence-corrected chi connectivity index (χ4v) is 5.86. The minimum Gasteiger partial charge on any atom is -0.343 e. The van der Waals surface area contributed by atoms with E-state index in [0.29, 0.717) is 53.7 Å². The van der Waals surface area contributed by atoms with Crippen molar-refractivity contribution in [3.05, 3.63) is 5.82 Å². The van der Waals surface area contributed by atoms with Crippen molar-refractivity contribution in [3.63, 3.8) is 0 Å². The van der Waals surface area contributed by atoms with Gasteiger partial charge in [0, 0.05) is 50.2 Å². The van der Waals surface area contributed by atoms with Crippen molar-refractivity contribution in [1.29, 1.82) is 0 Å². The number of hydrogen-bond acceptors (Lipinski definition) is 6. The Morgan fingerprint density at radius 3 is 2.30 bits per heavy atom. The number of carbonyl (C=O) groups excluding carboxylic acids is 1. The molecular formula is C20H31N5O2. The molecule has 7 heteroatoms. The maximum absolute atomic E-state index is 12.6. The van der Waals surface area contributed by atoms with E-state index in [-0.39, 0.29) is 5.92 Å².